The first-order chi connectivity index (χ1) is 5.83. The summed E-state index contributed by atoms with van der Waals surface area (Å²) in [6, 6.07) is 9.09. The molecule has 0 radical (unpaired) electrons. The Kier molecular flexibility index (Phi) is 4.01. The van der Waals surface area contributed by atoms with Gasteiger partial charge in [0.2, 0.25) is 0 Å². The molecule has 0 aliphatic rings. The summed E-state index contributed by atoms with van der Waals surface area (Å²) < 4.78 is 9.90. The fraction of sp³-hybridized carbons (Fsp3) is 0.250. The average Bonchev–Trinajstić information content (AvgIpc) is 2.06. The van der Waals surface area contributed by atoms with E-state index in [1.165, 1.54) is 0 Å². The van der Waals surface area contributed by atoms with Crippen LogP contribution in [0.15, 0.2) is 30.3 Å². The van der Waals surface area contributed by atoms with Gasteiger partial charge < -0.3 is 13.9 Å². The van der Waals surface area contributed by atoms with E-state index in [0.29, 0.717) is 12.4 Å². The minimum absolute atomic E-state index is 0.453. The second-order valence-electron chi connectivity index (χ2n) is 2.06. The molecule has 1 unspecified atom stereocenters. The van der Waals surface area contributed by atoms with Crippen molar-refractivity contribution >= 4 is 8.60 Å². The summed E-state index contributed by atoms with van der Waals surface area (Å²) in [7, 11) is -1.76. The number of hydrogen-bond acceptors (Lipinski definition) is 3. The molecule has 0 amide bonds. The van der Waals surface area contributed by atoms with Gasteiger partial charge in [0.05, 0.1) is 6.61 Å². The van der Waals surface area contributed by atoms with Crippen LogP contribution in [0.1, 0.15) is 6.92 Å². The highest BCUT2D eigenvalue weighted by molar-refractivity contribution is 7.41. The van der Waals surface area contributed by atoms with Gasteiger partial charge in [0, 0.05) is 0 Å². The minimum Gasteiger partial charge on any atom is -0.427 e. The van der Waals surface area contributed by atoms with E-state index < -0.39 is 8.60 Å². The third kappa shape index (κ3) is 3.18. The molecule has 1 atom stereocenters. The molecule has 3 nitrogen and oxygen atoms in total. The van der Waals surface area contributed by atoms with Gasteiger partial charge in [0.25, 0.3) is 0 Å². The molecule has 0 bridgehead atoms. The zero-order valence-electron chi connectivity index (χ0n) is 6.80. The fourth-order valence-electron chi connectivity index (χ4n) is 0.708. The summed E-state index contributed by atoms with van der Waals surface area (Å²) in [4.78, 5) is 9.12. The van der Waals surface area contributed by atoms with Crippen LogP contribution in [-0.4, -0.2) is 11.5 Å². The Labute approximate surface area is 72.9 Å². The van der Waals surface area contributed by atoms with Gasteiger partial charge in [0.15, 0.2) is 0 Å². The Bertz CT molecular complexity index is 215. The number of para-hydroxylation sites is 1. The lowest BCUT2D eigenvalue weighted by molar-refractivity contribution is 0.274. The molecule has 0 fully saturated rings. The van der Waals surface area contributed by atoms with Crippen molar-refractivity contribution in [1.29, 1.82) is 0 Å². The van der Waals surface area contributed by atoms with Crippen LogP contribution >= 0.6 is 8.60 Å². The normalized spacial score (nSPS) is 12.5. The van der Waals surface area contributed by atoms with Gasteiger partial charge in [-0.05, 0) is 19.1 Å². The second-order valence-corrected chi connectivity index (χ2v) is 2.98. The van der Waals surface area contributed by atoms with E-state index in [4.69, 9.17) is 13.9 Å². The SMILES string of the molecule is CCOP(O)Oc1ccccc1. The molecule has 1 aromatic carbocycles. The van der Waals surface area contributed by atoms with Crippen molar-refractivity contribution in [3.05, 3.63) is 30.3 Å². The van der Waals surface area contributed by atoms with E-state index in [-0.39, 0.29) is 0 Å². The summed E-state index contributed by atoms with van der Waals surface area (Å²) in [6.45, 7) is 2.26. The third-order valence-electron chi connectivity index (χ3n) is 1.17. The highest BCUT2D eigenvalue weighted by Crippen LogP contribution is 2.33. The lowest BCUT2D eigenvalue weighted by Gasteiger charge is -2.09. The Morgan fingerprint density at radius 3 is 2.58 bits per heavy atom. The van der Waals surface area contributed by atoms with Gasteiger partial charge in [0.1, 0.15) is 5.75 Å². The first kappa shape index (κ1) is 9.46. The number of benzene rings is 1. The first-order valence-electron chi connectivity index (χ1n) is 3.68. The Morgan fingerprint density at radius 2 is 2.00 bits per heavy atom. The molecular formula is C8H11O3P. The Morgan fingerprint density at radius 1 is 1.33 bits per heavy atom. The molecule has 0 saturated carbocycles. The molecule has 0 heterocycles. The van der Waals surface area contributed by atoms with E-state index in [9.17, 15) is 0 Å². The minimum atomic E-state index is -1.76. The predicted octanol–water partition coefficient (Wildman–Crippen LogP) is 2.32. The van der Waals surface area contributed by atoms with Crippen LogP contribution in [0.25, 0.3) is 0 Å². The van der Waals surface area contributed by atoms with E-state index in [0.717, 1.165) is 0 Å². The summed E-state index contributed by atoms with van der Waals surface area (Å²) in [5.41, 5.74) is 0. The molecule has 0 spiro atoms. The molecule has 1 aromatic rings. The van der Waals surface area contributed by atoms with Gasteiger partial charge in [-0.2, -0.15) is 0 Å². The second kappa shape index (κ2) is 5.09. The van der Waals surface area contributed by atoms with Crippen molar-refractivity contribution in [3.63, 3.8) is 0 Å². The highest BCUT2D eigenvalue weighted by Gasteiger charge is 2.05. The van der Waals surface area contributed by atoms with E-state index in [1.54, 1.807) is 19.1 Å². The average molecular weight is 186 g/mol. The third-order valence-corrected chi connectivity index (χ3v) is 2.01. The van der Waals surface area contributed by atoms with Gasteiger partial charge >= 0.3 is 8.60 Å². The molecule has 0 aliphatic heterocycles. The maximum absolute atomic E-state index is 9.12. The van der Waals surface area contributed by atoms with Crippen molar-refractivity contribution in [2.24, 2.45) is 0 Å². The lowest BCUT2D eigenvalue weighted by Crippen LogP contribution is -1.90. The van der Waals surface area contributed by atoms with Gasteiger partial charge in [-0.1, -0.05) is 18.2 Å². The summed E-state index contributed by atoms with van der Waals surface area (Å²) in [5.74, 6) is 0.625. The van der Waals surface area contributed by atoms with Crippen LogP contribution in [0.3, 0.4) is 0 Å². The Hall–Kier alpha value is -0.630. The van der Waals surface area contributed by atoms with Crippen molar-refractivity contribution in [1.82, 2.24) is 0 Å². The topological polar surface area (TPSA) is 38.7 Å². The molecule has 1 rings (SSSR count). The summed E-state index contributed by atoms with van der Waals surface area (Å²) in [5, 5.41) is 0. The van der Waals surface area contributed by atoms with Crippen LogP contribution in [0.2, 0.25) is 0 Å². The van der Waals surface area contributed by atoms with Crippen LogP contribution in [-0.2, 0) is 4.52 Å². The molecule has 66 valence electrons. The largest absolute Gasteiger partial charge is 0.427 e. The summed E-state index contributed by atoms with van der Waals surface area (Å²) >= 11 is 0. The molecule has 0 aromatic heterocycles. The zero-order valence-corrected chi connectivity index (χ0v) is 7.70. The molecule has 1 N–H and O–H groups in total. The van der Waals surface area contributed by atoms with Crippen LogP contribution < -0.4 is 4.52 Å². The molecule has 12 heavy (non-hydrogen) atoms. The maximum atomic E-state index is 9.12. The zero-order chi connectivity index (χ0) is 8.81. The summed E-state index contributed by atoms with van der Waals surface area (Å²) in [6.07, 6.45) is 0. The van der Waals surface area contributed by atoms with E-state index in [1.807, 2.05) is 18.2 Å². The monoisotopic (exact) mass is 186 g/mol. The quantitative estimate of drug-likeness (QED) is 0.733. The van der Waals surface area contributed by atoms with Crippen LogP contribution in [0, 0.1) is 0 Å². The van der Waals surface area contributed by atoms with Crippen molar-refractivity contribution in [2.45, 2.75) is 6.92 Å². The highest BCUT2D eigenvalue weighted by atomic mass is 31.2. The van der Waals surface area contributed by atoms with Crippen LogP contribution in [0.5, 0.6) is 5.75 Å². The maximum Gasteiger partial charge on any atom is 0.394 e. The van der Waals surface area contributed by atoms with E-state index >= 15 is 0 Å². The van der Waals surface area contributed by atoms with Crippen molar-refractivity contribution < 1.29 is 13.9 Å². The molecule has 4 heteroatoms. The number of rotatable bonds is 4. The van der Waals surface area contributed by atoms with Gasteiger partial charge in [-0.15, -0.1) is 0 Å². The molecule has 0 aliphatic carbocycles. The Balaban J connectivity index is 2.41. The first-order valence-corrected chi connectivity index (χ1v) is 4.81. The lowest BCUT2D eigenvalue weighted by atomic mass is 10.3. The fourth-order valence-corrected chi connectivity index (χ4v) is 1.28. The standard InChI is InChI=1S/C8H11O3P/c1-2-10-12(9)11-8-6-4-3-5-7-8/h3-7,9H,2H2,1H3. The van der Waals surface area contributed by atoms with Crippen molar-refractivity contribution in [3.8, 4) is 5.75 Å². The molecule has 0 saturated heterocycles. The van der Waals surface area contributed by atoms with Crippen molar-refractivity contribution in [2.75, 3.05) is 6.61 Å². The smallest absolute Gasteiger partial charge is 0.394 e. The predicted molar refractivity (Wildman–Crippen MR) is 47.8 cm³/mol. The number of hydrogen-bond donors (Lipinski definition) is 1. The van der Waals surface area contributed by atoms with Gasteiger partial charge in [-0.3, -0.25) is 0 Å². The van der Waals surface area contributed by atoms with Crippen LogP contribution in [0.4, 0.5) is 0 Å². The van der Waals surface area contributed by atoms with E-state index in [2.05, 4.69) is 0 Å². The van der Waals surface area contributed by atoms with Gasteiger partial charge in [-0.25, -0.2) is 0 Å². The molecular weight excluding hydrogens is 175 g/mol.